The number of hydrogen-bond donors (Lipinski definition) is 1. The van der Waals surface area contributed by atoms with Gasteiger partial charge in [0.2, 0.25) is 0 Å². The first kappa shape index (κ1) is 19.4. The van der Waals surface area contributed by atoms with E-state index in [2.05, 4.69) is 10.2 Å². The fourth-order valence-electron chi connectivity index (χ4n) is 3.75. The lowest BCUT2D eigenvalue weighted by molar-refractivity contribution is -0.122. The smallest absolute Gasteiger partial charge is 0.270 e. The van der Waals surface area contributed by atoms with E-state index in [0.29, 0.717) is 11.4 Å². The molecule has 1 N–H and O–H groups in total. The van der Waals surface area contributed by atoms with E-state index in [4.69, 9.17) is 16.6 Å². The molecule has 4 rings (SSSR count). The number of carbonyl (C=O) groups excluding carboxylic acids is 2. The van der Waals surface area contributed by atoms with Crippen LogP contribution in [0, 0.1) is 0 Å². The Bertz CT molecular complexity index is 989. The van der Waals surface area contributed by atoms with Gasteiger partial charge in [0.15, 0.2) is 11.0 Å². The zero-order valence-electron chi connectivity index (χ0n) is 16.3. The molecule has 0 bridgehead atoms. The molecule has 1 aromatic carbocycles. The quantitative estimate of drug-likeness (QED) is 0.474. The number of thiocarbonyl (C=S) groups is 1. The summed E-state index contributed by atoms with van der Waals surface area (Å²) in [6.07, 6.45) is 5.75. The summed E-state index contributed by atoms with van der Waals surface area (Å²) in [7, 11) is 0. The van der Waals surface area contributed by atoms with Crippen LogP contribution in [0.25, 0.3) is 6.08 Å². The number of amides is 2. The fourth-order valence-corrected chi connectivity index (χ4v) is 4.02. The van der Waals surface area contributed by atoms with E-state index in [0.717, 1.165) is 43.8 Å². The van der Waals surface area contributed by atoms with Gasteiger partial charge in [-0.1, -0.05) is 25.1 Å². The molecule has 7 heteroatoms. The van der Waals surface area contributed by atoms with E-state index in [1.54, 1.807) is 6.07 Å². The SMILES string of the molecule is CCc1ccccc1N1C(=O)C(=Cc2ccc(N3CCCCC3)o2)C(=O)NC1=S. The van der Waals surface area contributed by atoms with Crippen molar-refractivity contribution >= 4 is 46.8 Å². The first-order valence-electron chi connectivity index (χ1n) is 9.92. The van der Waals surface area contributed by atoms with Gasteiger partial charge in [-0.25, -0.2) is 0 Å². The first-order valence-corrected chi connectivity index (χ1v) is 10.3. The van der Waals surface area contributed by atoms with E-state index in [-0.39, 0.29) is 10.7 Å². The van der Waals surface area contributed by atoms with E-state index in [1.165, 1.54) is 17.4 Å². The minimum Gasteiger partial charge on any atom is -0.441 e. The Morgan fingerprint density at radius 2 is 1.86 bits per heavy atom. The zero-order valence-corrected chi connectivity index (χ0v) is 17.1. The van der Waals surface area contributed by atoms with Crippen LogP contribution in [0.2, 0.25) is 0 Å². The molecule has 0 saturated carbocycles. The fraction of sp³-hybridized carbons (Fsp3) is 0.318. The van der Waals surface area contributed by atoms with Crippen LogP contribution in [-0.4, -0.2) is 30.0 Å². The molecule has 0 radical (unpaired) electrons. The molecule has 0 atom stereocenters. The van der Waals surface area contributed by atoms with Crippen LogP contribution in [0.15, 0.2) is 46.4 Å². The summed E-state index contributed by atoms with van der Waals surface area (Å²) < 4.78 is 5.90. The second kappa shape index (κ2) is 8.21. The lowest BCUT2D eigenvalue weighted by atomic mass is 10.1. The van der Waals surface area contributed by atoms with Gasteiger partial charge in [0, 0.05) is 19.2 Å². The number of aryl methyl sites for hydroxylation is 1. The monoisotopic (exact) mass is 409 g/mol. The lowest BCUT2D eigenvalue weighted by Gasteiger charge is -2.30. The molecule has 0 spiro atoms. The number of nitrogens with one attached hydrogen (secondary N) is 1. The van der Waals surface area contributed by atoms with E-state index in [9.17, 15) is 9.59 Å². The van der Waals surface area contributed by atoms with E-state index < -0.39 is 11.8 Å². The minimum absolute atomic E-state index is 0.00375. The molecule has 1 aromatic heterocycles. The van der Waals surface area contributed by atoms with Gasteiger partial charge in [-0.15, -0.1) is 0 Å². The Labute approximate surface area is 175 Å². The summed E-state index contributed by atoms with van der Waals surface area (Å²) in [6, 6.07) is 11.2. The molecule has 0 aliphatic carbocycles. The number of carbonyl (C=O) groups is 2. The van der Waals surface area contributed by atoms with Gasteiger partial charge in [0.25, 0.3) is 11.8 Å². The van der Waals surface area contributed by atoms with Crippen molar-refractivity contribution in [2.75, 3.05) is 22.9 Å². The van der Waals surface area contributed by atoms with Crippen molar-refractivity contribution in [1.82, 2.24) is 5.32 Å². The second-order valence-electron chi connectivity index (χ2n) is 7.16. The largest absolute Gasteiger partial charge is 0.441 e. The van der Waals surface area contributed by atoms with Gasteiger partial charge in [0.1, 0.15) is 11.3 Å². The molecule has 2 fully saturated rings. The predicted molar refractivity (Wildman–Crippen MR) is 117 cm³/mol. The first-order chi connectivity index (χ1) is 14.1. The second-order valence-corrected chi connectivity index (χ2v) is 7.55. The van der Waals surface area contributed by atoms with Crippen LogP contribution >= 0.6 is 12.2 Å². The summed E-state index contributed by atoms with van der Waals surface area (Å²) in [4.78, 5) is 29.3. The van der Waals surface area contributed by atoms with Gasteiger partial charge in [-0.3, -0.25) is 19.8 Å². The third-order valence-electron chi connectivity index (χ3n) is 5.28. The maximum atomic E-state index is 13.2. The summed E-state index contributed by atoms with van der Waals surface area (Å²) in [5.41, 5.74) is 1.66. The summed E-state index contributed by atoms with van der Waals surface area (Å²) in [5, 5.41) is 2.72. The Balaban J connectivity index is 1.64. The highest BCUT2D eigenvalue weighted by atomic mass is 32.1. The number of rotatable bonds is 4. The summed E-state index contributed by atoms with van der Waals surface area (Å²) in [6.45, 7) is 3.92. The molecule has 150 valence electrons. The van der Waals surface area contributed by atoms with Crippen LogP contribution < -0.4 is 15.1 Å². The molecular weight excluding hydrogens is 386 g/mol. The van der Waals surface area contributed by atoms with Gasteiger partial charge in [-0.05, 0) is 61.7 Å². The maximum Gasteiger partial charge on any atom is 0.270 e. The molecule has 2 aromatic rings. The molecule has 2 aliphatic rings. The highest BCUT2D eigenvalue weighted by Gasteiger charge is 2.35. The topological polar surface area (TPSA) is 65.8 Å². The van der Waals surface area contributed by atoms with Gasteiger partial charge in [-0.2, -0.15) is 0 Å². The Hall–Kier alpha value is -2.93. The van der Waals surface area contributed by atoms with Crippen molar-refractivity contribution < 1.29 is 14.0 Å². The standard InChI is InChI=1S/C22H23N3O3S/c1-2-15-8-4-5-9-18(15)25-21(27)17(20(26)23-22(25)29)14-16-10-11-19(28-16)24-12-6-3-7-13-24/h4-5,8-11,14H,2-3,6-7,12-13H2,1H3,(H,23,26,29). The third-order valence-corrected chi connectivity index (χ3v) is 5.57. The predicted octanol–water partition coefficient (Wildman–Crippen LogP) is 3.66. The average Bonchev–Trinajstić information content (AvgIpc) is 3.21. The number of hydrogen-bond acceptors (Lipinski definition) is 5. The third kappa shape index (κ3) is 3.82. The molecule has 0 unspecified atom stereocenters. The number of nitrogens with zero attached hydrogens (tertiary/aromatic N) is 2. The number of anilines is 2. The highest BCUT2D eigenvalue weighted by Crippen LogP contribution is 2.28. The Kier molecular flexibility index (Phi) is 5.49. The van der Waals surface area contributed by atoms with Crippen molar-refractivity contribution in [3.63, 3.8) is 0 Å². The van der Waals surface area contributed by atoms with Crippen molar-refractivity contribution in [1.29, 1.82) is 0 Å². The van der Waals surface area contributed by atoms with Crippen LogP contribution in [0.5, 0.6) is 0 Å². The number of para-hydroxylation sites is 1. The zero-order chi connectivity index (χ0) is 20.4. The molecule has 29 heavy (non-hydrogen) atoms. The number of benzene rings is 1. The lowest BCUT2D eigenvalue weighted by Crippen LogP contribution is -2.54. The average molecular weight is 410 g/mol. The highest BCUT2D eigenvalue weighted by molar-refractivity contribution is 7.80. The van der Waals surface area contributed by atoms with E-state index in [1.807, 2.05) is 37.3 Å². The summed E-state index contributed by atoms with van der Waals surface area (Å²) in [5.74, 6) is 0.279. The minimum atomic E-state index is -0.513. The van der Waals surface area contributed by atoms with Gasteiger partial charge >= 0.3 is 0 Å². The van der Waals surface area contributed by atoms with Crippen molar-refractivity contribution in [3.8, 4) is 0 Å². The molecule has 2 aliphatic heterocycles. The van der Waals surface area contributed by atoms with Crippen molar-refractivity contribution in [2.24, 2.45) is 0 Å². The summed E-state index contributed by atoms with van der Waals surface area (Å²) >= 11 is 5.29. The number of furan rings is 1. The molecular formula is C22H23N3O3S. The van der Waals surface area contributed by atoms with Crippen LogP contribution in [-0.2, 0) is 16.0 Å². The molecule has 2 amide bonds. The van der Waals surface area contributed by atoms with Crippen molar-refractivity contribution in [3.05, 3.63) is 53.3 Å². The van der Waals surface area contributed by atoms with Gasteiger partial charge in [0.05, 0.1) is 5.69 Å². The van der Waals surface area contributed by atoms with E-state index >= 15 is 0 Å². The van der Waals surface area contributed by atoms with Crippen LogP contribution in [0.1, 0.15) is 37.5 Å². The van der Waals surface area contributed by atoms with Crippen LogP contribution in [0.4, 0.5) is 11.6 Å². The van der Waals surface area contributed by atoms with Crippen molar-refractivity contribution in [2.45, 2.75) is 32.6 Å². The maximum absolute atomic E-state index is 13.2. The van der Waals surface area contributed by atoms with Gasteiger partial charge < -0.3 is 9.32 Å². The normalized spacial score (nSPS) is 19.1. The Morgan fingerprint density at radius 1 is 1.10 bits per heavy atom. The molecule has 2 saturated heterocycles. The molecule has 6 nitrogen and oxygen atoms in total. The molecule has 3 heterocycles. The Morgan fingerprint density at radius 3 is 2.62 bits per heavy atom. The number of piperidine rings is 1. The van der Waals surface area contributed by atoms with Crippen LogP contribution in [0.3, 0.4) is 0 Å².